The normalized spacial score (nSPS) is 9.73. The van der Waals surface area contributed by atoms with Crippen LogP contribution < -0.4 is 0 Å². The van der Waals surface area contributed by atoms with Crippen molar-refractivity contribution >= 4 is 11.7 Å². The number of hydrogen-bond acceptors (Lipinski definition) is 3. The largest absolute Gasteiger partial charge is 0.462 e. The molecule has 0 aliphatic carbocycles. The van der Waals surface area contributed by atoms with Crippen LogP contribution >= 0.6 is 0 Å². The van der Waals surface area contributed by atoms with E-state index in [1.807, 2.05) is 13.8 Å². The summed E-state index contributed by atoms with van der Waals surface area (Å²) in [5, 5.41) is 0. The zero-order valence-electron chi connectivity index (χ0n) is 7.97. The van der Waals surface area contributed by atoms with Crippen LogP contribution in [-0.4, -0.2) is 25.3 Å². The van der Waals surface area contributed by atoms with Crippen molar-refractivity contribution < 1.29 is 9.53 Å². The Morgan fingerprint density at radius 1 is 1.45 bits per heavy atom. The molecule has 0 spiro atoms. The molecule has 0 heterocycles. The number of esters is 1. The van der Waals surface area contributed by atoms with Crippen LogP contribution in [0.3, 0.4) is 0 Å². The van der Waals surface area contributed by atoms with Gasteiger partial charge >= 0.3 is 5.97 Å². The van der Waals surface area contributed by atoms with E-state index >= 15 is 0 Å². The summed E-state index contributed by atoms with van der Waals surface area (Å²) in [6.45, 7) is 7.80. The van der Waals surface area contributed by atoms with Crippen LogP contribution in [0.1, 0.15) is 27.7 Å². The Kier molecular flexibility index (Phi) is 10.6. The first-order valence-electron chi connectivity index (χ1n) is 3.82. The van der Waals surface area contributed by atoms with Gasteiger partial charge in [0.15, 0.2) is 0 Å². The van der Waals surface area contributed by atoms with E-state index in [0.29, 0.717) is 12.3 Å². The molecule has 0 atom stereocenters. The zero-order chi connectivity index (χ0) is 9.28. The summed E-state index contributed by atoms with van der Waals surface area (Å²) in [4.78, 5) is 14.3. The van der Waals surface area contributed by atoms with Gasteiger partial charge in [-0.3, -0.25) is 4.99 Å². The fourth-order valence-electron chi connectivity index (χ4n) is 0.327. The molecule has 0 aliphatic rings. The molecule has 0 N–H and O–H groups in total. The highest BCUT2D eigenvalue weighted by Crippen LogP contribution is 1.81. The third-order valence-corrected chi connectivity index (χ3v) is 0.906. The molecule has 0 aromatic heterocycles. The maximum absolute atomic E-state index is 10.6. The highest BCUT2D eigenvalue weighted by Gasteiger charge is 2.02. The molecule has 0 rings (SSSR count). The van der Waals surface area contributed by atoms with E-state index in [1.165, 1.54) is 0 Å². The zero-order valence-corrected chi connectivity index (χ0v) is 7.97. The van der Waals surface area contributed by atoms with Crippen LogP contribution in [0.5, 0.6) is 0 Å². The third kappa shape index (κ3) is 7.03. The Labute approximate surface area is 68.5 Å². The molecule has 0 aliphatic heterocycles. The molecule has 0 saturated heterocycles. The third-order valence-electron chi connectivity index (χ3n) is 0.906. The number of rotatable bonds is 2. The van der Waals surface area contributed by atoms with Crippen LogP contribution in [0, 0.1) is 0 Å². The predicted molar refractivity (Wildman–Crippen MR) is 47.0 cm³/mol. The monoisotopic (exact) mass is 159 g/mol. The molecule has 66 valence electrons. The number of ether oxygens (including phenoxy) is 1. The molecule has 0 aromatic carbocycles. The minimum Gasteiger partial charge on any atom is -0.462 e. The van der Waals surface area contributed by atoms with Crippen molar-refractivity contribution in [2.24, 2.45) is 4.99 Å². The fraction of sp³-hybridized carbons (Fsp3) is 0.750. The van der Waals surface area contributed by atoms with Gasteiger partial charge in [-0.05, 0) is 13.8 Å². The van der Waals surface area contributed by atoms with Gasteiger partial charge in [0, 0.05) is 7.05 Å². The molecule has 11 heavy (non-hydrogen) atoms. The smallest absolute Gasteiger partial charge is 0.351 e. The summed E-state index contributed by atoms with van der Waals surface area (Å²) in [5.74, 6) is -0.333. The minimum atomic E-state index is -0.333. The van der Waals surface area contributed by atoms with E-state index in [-0.39, 0.29) is 5.97 Å². The Balaban J connectivity index is 0. The van der Waals surface area contributed by atoms with Crippen LogP contribution in [-0.2, 0) is 9.53 Å². The lowest BCUT2D eigenvalue weighted by molar-refractivity contribution is -0.135. The van der Waals surface area contributed by atoms with E-state index < -0.39 is 0 Å². The van der Waals surface area contributed by atoms with Gasteiger partial charge in [-0.1, -0.05) is 13.8 Å². The van der Waals surface area contributed by atoms with Gasteiger partial charge in [0.1, 0.15) is 5.71 Å². The summed E-state index contributed by atoms with van der Waals surface area (Å²) in [6.07, 6.45) is 0. The average molecular weight is 159 g/mol. The fourth-order valence-corrected chi connectivity index (χ4v) is 0.327. The molecule has 3 nitrogen and oxygen atoms in total. The maximum Gasteiger partial charge on any atom is 0.351 e. The summed E-state index contributed by atoms with van der Waals surface area (Å²) in [7, 11) is 1.56. The topological polar surface area (TPSA) is 38.7 Å². The molecular weight excluding hydrogens is 142 g/mol. The molecule has 0 bridgehead atoms. The van der Waals surface area contributed by atoms with Crippen LogP contribution in [0.2, 0.25) is 0 Å². The van der Waals surface area contributed by atoms with Crippen molar-refractivity contribution in [3.63, 3.8) is 0 Å². The predicted octanol–water partition coefficient (Wildman–Crippen LogP) is 1.67. The second-order valence-electron chi connectivity index (χ2n) is 1.53. The van der Waals surface area contributed by atoms with E-state index in [2.05, 4.69) is 9.73 Å². The summed E-state index contributed by atoms with van der Waals surface area (Å²) in [5.41, 5.74) is 0.414. The Bertz CT molecular complexity index is 130. The van der Waals surface area contributed by atoms with Crippen LogP contribution in [0.15, 0.2) is 4.99 Å². The van der Waals surface area contributed by atoms with Gasteiger partial charge in [0.2, 0.25) is 0 Å². The van der Waals surface area contributed by atoms with Gasteiger partial charge in [0.25, 0.3) is 0 Å². The highest BCUT2D eigenvalue weighted by atomic mass is 16.5. The Morgan fingerprint density at radius 2 is 1.91 bits per heavy atom. The quantitative estimate of drug-likeness (QED) is 0.454. The van der Waals surface area contributed by atoms with E-state index in [9.17, 15) is 4.79 Å². The van der Waals surface area contributed by atoms with E-state index in [0.717, 1.165) is 0 Å². The lowest BCUT2D eigenvalue weighted by Crippen LogP contribution is -2.13. The summed E-state index contributed by atoms with van der Waals surface area (Å²) < 4.78 is 4.62. The van der Waals surface area contributed by atoms with Crippen molar-refractivity contribution in [1.82, 2.24) is 0 Å². The molecule has 0 radical (unpaired) electrons. The molecule has 0 amide bonds. The van der Waals surface area contributed by atoms with Gasteiger partial charge in [-0.15, -0.1) is 0 Å². The van der Waals surface area contributed by atoms with Gasteiger partial charge in [-0.25, -0.2) is 4.79 Å². The number of carbonyl (C=O) groups excluding carboxylic acids is 1. The molecule has 0 unspecified atom stereocenters. The molecule has 3 heteroatoms. The number of carbonyl (C=O) groups is 1. The van der Waals surface area contributed by atoms with Gasteiger partial charge in [0.05, 0.1) is 6.61 Å². The maximum atomic E-state index is 10.6. The molecule has 0 aromatic rings. The molecule has 0 saturated carbocycles. The van der Waals surface area contributed by atoms with E-state index in [4.69, 9.17) is 0 Å². The van der Waals surface area contributed by atoms with Crippen molar-refractivity contribution in [3.05, 3.63) is 0 Å². The first-order valence-corrected chi connectivity index (χ1v) is 3.82. The second-order valence-corrected chi connectivity index (χ2v) is 1.53. The van der Waals surface area contributed by atoms with Crippen LogP contribution in [0.25, 0.3) is 0 Å². The second kappa shape index (κ2) is 9.14. The highest BCUT2D eigenvalue weighted by molar-refractivity contribution is 6.35. The van der Waals surface area contributed by atoms with Crippen molar-refractivity contribution in [3.8, 4) is 0 Å². The Morgan fingerprint density at radius 3 is 2.18 bits per heavy atom. The first-order chi connectivity index (χ1) is 5.22. The van der Waals surface area contributed by atoms with Crippen molar-refractivity contribution in [2.45, 2.75) is 27.7 Å². The van der Waals surface area contributed by atoms with Crippen molar-refractivity contribution in [1.29, 1.82) is 0 Å². The lowest BCUT2D eigenvalue weighted by Gasteiger charge is -1.97. The van der Waals surface area contributed by atoms with Crippen LogP contribution in [0.4, 0.5) is 0 Å². The molecular formula is C8H17NO2. The lowest BCUT2D eigenvalue weighted by atomic mass is 10.4. The number of aliphatic imine (C=N–C) groups is 1. The van der Waals surface area contributed by atoms with Gasteiger partial charge in [-0.2, -0.15) is 0 Å². The standard InChI is InChI=1S/C6H11NO2.C2H6/c1-4-9-6(8)5(2)7-3;1-2/h4H2,1-3H3;1-2H3. The first kappa shape index (κ1) is 12.8. The SMILES string of the molecule is CC.CCOC(=O)C(C)=NC. The van der Waals surface area contributed by atoms with E-state index in [1.54, 1.807) is 20.9 Å². The average Bonchev–Trinajstić information content (AvgIpc) is 2.07. The minimum absolute atomic E-state index is 0.333. The molecule has 0 fully saturated rings. The Hall–Kier alpha value is -0.860. The summed E-state index contributed by atoms with van der Waals surface area (Å²) >= 11 is 0. The number of hydrogen-bond donors (Lipinski definition) is 0. The van der Waals surface area contributed by atoms with Crippen molar-refractivity contribution in [2.75, 3.05) is 13.7 Å². The van der Waals surface area contributed by atoms with Gasteiger partial charge < -0.3 is 4.74 Å². The number of nitrogens with zero attached hydrogens (tertiary/aromatic N) is 1. The summed E-state index contributed by atoms with van der Waals surface area (Å²) in [6, 6.07) is 0.